The molecule has 0 fully saturated rings. The van der Waals surface area contributed by atoms with Crippen LogP contribution in [0, 0.1) is 10.1 Å². The van der Waals surface area contributed by atoms with Crippen molar-refractivity contribution in [2.24, 2.45) is 4.99 Å². The second-order valence-electron chi connectivity index (χ2n) is 4.53. The molecule has 3 rings (SSSR count). The van der Waals surface area contributed by atoms with Crippen molar-refractivity contribution in [2.45, 2.75) is 6.92 Å². The highest BCUT2D eigenvalue weighted by molar-refractivity contribution is 6.06. The van der Waals surface area contributed by atoms with Crippen LogP contribution < -0.4 is 0 Å². The standard InChI is InChI=1S/C15H10N2O5/c1-9-16-12(15(18)21-9)8-10-6-7-14(22-10)11-4-2-3-5-13(11)17(19)20/h2-8H,1H3. The van der Waals surface area contributed by atoms with E-state index in [1.54, 1.807) is 37.3 Å². The second-order valence-corrected chi connectivity index (χ2v) is 4.53. The summed E-state index contributed by atoms with van der Waals surface area (Å²) in [6, 6.07) is 9.48. The molecule has 2 aromatic rings. The van der Waals surface area contributed by atoms with Gasteiger partial charge in [0.25, 0.3) is 5.69 Å². The van der Waals surface area contributed by atoms with Crippen molar-refractivity contribution >= 4 is 23.6 Å². The maximum atomic E-state index is 11.5. The Morgan fingerprint density at radius 1 is 1.23 bits per heavy atom. The van der Waals surface area contributed by atoms with E-state index in [2.05, 4.69) is 4.99 Å². The minimum atomic E-state index is -0.554. The third-order valence-corrected chi connectivity index (χ3v) is 3.00. The predicted molar refractivity (Wildman–Crippen MR) is 78.0 cm³/mol. The van der Waals surface area contributed by atoms with Crippen LogP contribution in [0.1, 0.15) is 12.7 Å². The van der Waals surface area contributed by atoms with Gasteiger partial charge in [0.15, 0.2) is 11.6 Å². The summed E-state index contributed by atoms with van der Waals surface area (Å²) in [7, 11) is 0. The van der Waals surface area contributed by atoms with Crippen molar-refractivity contribution in [3.8, 4) is 11.3 Å². The highest BCUT2D eigenvalue weighted by Crippen LogP contribution is 2.31. The lowest BCUT2D eigenvalue weighted by atomic mass is 10.1. The van der Waals surface area contributed by atoms with E-state index < -0.39 is 10.9 Å². The number of benzene rings is 1. The first-order valence-electron chi connectivity index (χ1n) is 6.37. The molecule has 0 saturated heterocycles. The Morgan fingerprint density at radius 2 is 2.00 bits per heavy atom. The molecular formula is C15H10N2O5. The van der Waals surface area contributed by atoms with Crippen LogP contribution in [0.5, 0.6) is 0 Å². The average Bonchev–Trinajstić information content (AvgIpc) is 3.06. The van der Waals surface area contributed by atoms with E-state index in [0.717, 1.165) is 0 Å². The Kier molecular flexibility index (Phi) is 3.30. The Hall–Kier alpha value is -3.22. The fourth-order valence-corrected chi connectivity index (χ4v) is 2.07. The lowest BCUT2D eigenvalue weighted by Crippen LogP contribution is -1.99. The molecule has 0 bridgehead atoms. The Labute approximate surface area is 124 Å². The molecule has 22 heavy (non-hydrogen) atoms. The van der Waals surface area contributed by atoms with Crippen molar-refractivity contribution in [1.29, 1.82) is 0 Å². The smallest absolute Gasteiger partial charge is 0.363 e. The van der Waals surface area contributed by atoms with Crippen LogP contribution in [0.2, 0.25) is 0 Å². The van der Waals surface area contributed by atoms with E-state index in [9.17, 15) is 14.9 Å². The van der Waals surface area contributed by atoms with Gasteiger partial charge in [0.2, 0.25) is 0 Å². The Bertz CT molecular complexity index is 832. The number of rotatable bonds is 3. The molecule has 0 saturated carbocycles. The zero-order chi connectivity index (χ0) is 15.7. The zero-order valence-corrected chi connectivity index (χ0v) is 11.5. The van der Waals surface area contributed by atoms with E-state index in [4.69, 9.17) is 9.15 Å². The van der Waals surface area contributed by atoms with E-state index in [1.165, 1.54) is 12.1 Å². The quantitative estimate of drug-likeness (QED) is 0.375. The number of hydrogen-bond acceptors (Lipinski definition) is 6. The maximum Gasteiger partial charge on any atom is 0.363 e. The lowest BCUT2D eigenvalue weighted by molar-refractivity contribution is -0.384. The van der Waals surface area contributed by atoms with Crippen molar-refractivity contribution < 1.29 is 18.9 Å². The highest BCUT2D eigenvalue weighted by Gasteiger charge is 2.21. The maximum absolute atomic E-state index is 11.5. The number of ether oxygens (including phenoxy) is 1. The van der Waals surface area contributed by atoms with Gasteiger partial charge in [0.1, 0.15) is 11.5 Å². The number of carbonyl (C=O) groups excluding carboxylic acids is 1. The number of nitrogens with zero attached hydrogens (tertiary/aromatic N) is 2. The van der Waals surface area contributed by atoms with Gasteiger partial charge in [0, 0.05) is 19.1 Å². The molecule has 1 aliphatic heterocycles. The largest absolute Gasteiger partial charge is 0.456 e. The van der Waals surface area contributed by atoms with Crippen LogP contribution in [0.3, 0.4) is 0 Å². The molecule has 2 heterocycles. The molecule has 1 aliphatic rings. The number of hydrogen-bond donors (Lipinski definition) is 0. The average molecular weight is 298 g/mol. The topological polar surface area (TPSA) is 94.9 Å². The fourth-order valence-electron chi connectivity index (χ4n) is 2.07. The van der Waals surface area contributed by atoms with Crippen LogP contribution in [0.15, 0.2) is 51.5 Å². The van der Waals surface area contributed by atoms with Crippen molar-refractivity contribution in [3.05, 3.63) is 58.0 Å². The number of nitro groups is 1. The van der Waals surface area contributed by atoms with Crippen LogP contribution in [-0.2, 0) is 9.53 Å². The number of aliphatic imine (C=N–C) groups is 1. The van der Waals surface area contributed by atoms with Crippen LogP contribution in [-0.4, -0.2) is 16.8 Å². The fraction of sp³-hybridized carbons (Fsp3) is 0.0667. The number of furan rings is 1. The molecule has 0 spiro atoms. The minimum absolute atomic E-state index is 0.0507. The number of para-hydroxylation sites is 1. The molecule has 7 heteroatoms. The Balaban J connectivity index is 1.97. The molecule has 0 unspecified atom stereocenters. The van der Waals surface area contributed by atoms with E-state index in [-0.39, 0.29) is 17.3 Å². The summed E-state index contributed by atoms with van der Waals surface area (Å²) in [6.45, 7) is 1.57. The summed E-state index contributed by atoms with van der Waals surface area (Å²) in [5.74, 6) is 0.410. The minimum Gasteiger partial charge on any atom is -0.456 e. The van der Waals surface area contributed by atoms with Crippen LogP contribution in [0.4, 0.5) is 5.69 Å². The van der Waals surface area contributed by atoms with Crippen molar-refractivity contribution in [1.82, 2.24) is 0 Å². The summed E-state index contributed by atoms with van der Waals surface area (Å²) in [4.78, 5) is 26.0. The first-order chi connectivity index (χ1) is 10.5. The number of nitro benzene ring substituents is 1. The molecule has 0 N–H and O–H groups in total. The van der Waals surface area contributed by atoms with Crippen molar-refractivity contribution in [3.63, 3.8) is 0 Å². The number of carbonyl (C=O) groups is 1. The second kappa shape index (κ2) is 5.28. The zero-order valence-electron chi connectivity index (χ0n) is 11.5. The number of cyclic esters (lactones) is 1. The Morgan fingerprint density at radius 3 is 2.68 bits per heavy atom. The molecule has 0 aliphatic carbocycles. The third-order valence-electron chi connectivity index (χ3n) is 3.00. The van der Waals surface area contributed by atoms with Crippen LogP contribution in [0.25, 0.3) is 17.4 Å². The molecule has 1 aromatic heterocycles. The van der Waals surface area contributed by atoms with Gasteiger partial charge in [-0.3, -0.25) is 10.1 Å². The molecular weight excluding hydrogens is 288 g/mol. The summed E-state index contributed by atoms with van der Waals surface area (Å²) >= 11 is 0. The molecule has 0 amide bonds. The molecule has 1 aromatic carbocycles. The monoisotopic (exact) mass is 298 g/mol. The van der Waals surface area contributed by atoms with E-state index in [0.29, 0.717) is 17.1 Å². The normalized spacial score (nSPS) is 15.8. The third kappa shape index (κ3) is 2.51. The van der Waals surface area contributed by atoms with Gasteiger partial charge in [-0.25, -0.2) is 9.79 Å². The SMILES string of the molecule is CC1=NC(=Cc2ccc(-c3ccccc3[N+](=O)[O-])o2)C(=O)O1. The van der Waals surface area contributed by atoms with Gasteiger partial charge >= 0.3 is 5.97 Å². The summed E-state index contributed by atoms with van der Waals surface area (Å²) < 4.78 is 10.3. The van der Waals surface area contributed by atoms with Crippen LogP contribution >= 0.6 is 0 Å². The highest BCUT2D eigenvalue weighted by atomic mass is 16.6. The summed E-state index contributed by atoms with van der Waals surface area (Å²) in [5.41, 5.74) is 0.442. The van der Waals surface area contributed by atoms with Gasteiger partial charge in [0.05, 0.1) is 10.5 Å². The number of esters is 1. The van der Waals surface area contributed by atoms with Gasteiger partial charge in [-0.2, -0.15) is 0 Å². The molecule has 0 radical (unpaired) electrons. The van der Waals surface area contributed by atoms with Gasteiger partial charge in [-0.05, 0) is 18.2 Å². The van der Waals surface area contributed by atoms with E-state index >= 15 is 0 Å². The molecule has 110 valence electrons. The van der Waals surface area contributed by atoms with Gasteiger partial charge < -0.3 is 9.15 Å². The summed E-state index contributed by atoms with van der Waals surface area (Å²) in [6.07, 6.45) is 1.43. The van der Waals surface area contributed by atoms with Gasteiger partial charge in [-0.1, -0.05) is 12.1 Å². The first-order valence-corrected chi connectivity index (χ1v) is 6.37. The first kappa shape index (κ1) is 13.7. The lowest BCUT2D eigenvalue weighted by Gasteiger charge is -1.98. The van der Waals surface area contributed by atoms with E-state index in [1.807, 2.05) is 0 Å². The predicted octanol–water partition coefficient (Wildman–Crippen LogP) is 3.17. The van der Waals surface area contributed by atoms with Gasteiger partial charge in [-0.15, -0.1) is 0 Å². The summed E-state index contributed by atoms with van der Waals surface area (Å²) in [5, 5.41) is 11.0. The van der Waals surface area contributed by atoms with Crippen molar-refractivity contribution in [2.75, 3.05) is 0 Å². The molecule has 7 nitrogen and oxygen atoms in total. The molecule has 0 atom stereocenters.